The van der Waals surface area contributed by atoms with E-state index in [1.807, 2.05) is 13.8 Å². The molecule has 1 aromatic carbocycles. The van der Waals surface area contributed by atoms with Crippen molar-refractivity contribution in [3.05, 3.63) is 40.6 Å². The maximum absolute atomic E-state index is 11.4. The van der Waals surface area contributed by atoms with Crippen LogP contribution in [0.2, 0.25) is 0 Å². The molecule has 100 valence electrons. The molecule has 0 aromatic heterocycles. The van der Waals surface area contributed by atoms with Gasteiger partial charge in [0.05, 0.1) is 0 Å². The van der Waals surface area contributed by atoms with Crippen LogP contribution < -0.4 is 0 Å². The summed E-state index contributed by atoms with van der Waals surface area (Å²) in [5.74, 6) is 0. The number of nitrogens with zero attached hydrogens (tertiary/aromatic N) is 1. The molecule has 0 bridgehead atoms. The zero-order valence-electron chi connectivity index (χ0n) is 12.2. The van der Waals surface area contributed by atoms with Crippen LogP contribution in [0.15, 0.2) is 24.3 Å². The zero-order valence-corrected chi connectivity index (χ0v) is 12.2. The summed E-state index contributed by atoms with van der Waals surface area (Å²) >= 11 is 0. The Bertz CT molecular complexity index is 396. The van der Waals surface area contributed by atoms with E-state index < -0.39 is 0 Å². The highest BCUT2D eigenvalue weighted by molar-refractivity contribution is 5.52. The van der Waals surface area contributed by atoms with Crippen molar-refractivity contribution in [2.24, 2.45) is 0 Å². The molecule has 0 N–H and O–H groups in total. The van der Waals surface area contributed by atoms with E-state index in [0.717, 1.165) is 17.6 Å². The van der Waals surface area contributed by atoms with E-state index in [2.05, 4.69) is 45.0 Å². The van der Waals surface area contributed by atoms with Crippen molar-refractivity contribution in [1.82, 2.24) is 0 Å². The maximum Gasteiger partial charge on any atom is 0.157 e. The third-order valence-electron chi connectivity index (χ3n) is 3.07. The molecule has 0 heterocycles. The number of rotatable bonds is 4. The van der Waals surface area contributed by atoms with Gasteiger partial charge in [-0.2, -0.15) is 0 Å². The third kappa shape index (κ3) is 4.52. The first kappa shape index (κ1) is 14.7. The van der Waals surface area contributed by atoms with Gasteiger partial charge in [-0.15, -0.1) is 0 Å². The van der Waals surface area contributed by atoms with Crippen LogP contribution >= 0.6 is 0 Å². The maximum atomic E-state index is 11.4. The molecule has 0 spiro atoms. The van der Waals surface area contributed by atoms with Gasteiger partial charge >= 0.3 is 0 Å². The van der Waals surface area contributed by atoms with Crippen LogP contribution in [-0.4, -0.2) is 17.0 Å². The Labute approximate surface area is 111 Å². The first-order chi connectivity index (χ1) is 8.30. The Kier molecular flexibility index (Phi) is 4.94. The van der Waals surface area contributed by atoms with Crippen LogP contribution in [0.5, 0.6) is 0 Å². The average molecular weight is 247 g/mol. The van der Waals surface area contributed by atoms with Gasteiger partial charge in [-0.05, 0) is 36.8 Å². The van der Waals surface area contributed by atoms with Gasteiger partial charge in [0, 0.05) is 6.42 Å². The lowest BCUT2D eigenvalue weighted by Crippen LogP contribution is -2.14. The van der Waals surface area contributed by atoms with Gasteiger partial charge in [-0.1, -0.05) is 45.0 Å². The van der Waals surface area contributed by atoms with Crippen molar-refractivity contribution < 1.29 is 4.74 Å². The minimum absolute atomic E-state index is 0.0354. The average Bonchev–Trinajstić information content (AvgIpc) is 2.28. The molecule has 0 saturated heterocycles. The van der Waals surface area contributed by atoms with Crippen molar-refractivity contribution in [1.29, 1.82) is 0 Å². The van der Waals surface area contributed by atoms with Crippen LogP contribution in [0, 0.1) is 5.21 Å². The van der Waals surface area contributed by atoms with Crippen molar-refractivity contribution >= 4 is 6.21 Å². The van der Waals surface area contributed by atoms with Gasteiger partial charge in [-0.25, -0.2) is 4.74 Å². The monoisotopic (exact) mass is 247 g/mol. The van der Waals surface area contributed by atoms with Crippen LogP contribution in [0.3, 0.4) is 0 Å². The molecular weight excluding hydrogens is 222 g/mol. The Hall–Kier alpha value is -1.31. The van der Waals surface area contributed by atoms with E-state index in [9.17, 15) is 5.21 Å². The van der Waals surface area contributed by atoms with Gasteiger partial charge in [0.2, 0.25) is 0 Å². The van der Waals surface area contributed by atoms with Gasteiger partial charge in [-0.3, -0.25) is 0 Å². The molecule has 1 aromatic rings. The fraction of sp³-hybridized carbons (Fsp3) is 0.562. The highest BCUT2D eigenvalue weighted by Crippen LogP contribution is 2.22. The minimum atomic E-state index is 0.0354. The van der Waals surface area contributed by atoms with Crippen LogP contribution in [0.25, 0.3) is 0 Å². The molecular formula is C16H25NO. The van der Waals surface area contributed by atoms with Crippen LogP contribution in [0.4, 0.5) is 0 Å². The highest BCUT2D eigenvalue weighted by atomic mass is 16.5. The summed E-state index contributed by atoms with van der Waals surface area (Å²) in [7, 11) is 0. The standard InChI is InChI=1S/C16H25NO/c1-13(2)17(18)12-6-7-14-8-10-15(11-9-14)16(3,4)5/h8-13H,6-7H2,1-5H3. The molecule has 0 radical (unpaired) electrons. The topological polar surface area (TPSA) is 26.1 Å². The molecule has 0 unspecified atom stereocenters. The number of hydrogen-bond donors (Lipinski definition) is 0. The van der Waals surface area contributed by atoms with Gasteiger partial charge < -0.3 is 5.21 Å². The van der Waals surface area contributed by atoms with Gasteiger partial charge in [0.1, 0.15) is 0 Å². The van der Waals surface area contributed by atoms with Crippen molar-refractivity contribution in [2.45, 2.75) is 58.9 Å². The molecule has 0 aliphatic rings. The number of hydrogen-bond acceptors (Lipinski definition) is 1. The van der Waals surface area contributed by atoms with E-state index in [0.29, 0.717) is 0 Å². The summed E-state index contributed by atoms with van der Waals surface area (Å²) in [5, 5.41) is 11.4. The van der Waals surface area contributed by atoms with E-state index in [1.54, 1.807) is 6.21 Å². The molecule has 2 nitrogen and oxygen atoms in total. The Morgan fingerprint density at radius 3 is 2.17 bits per heavy atom. The second-order valence-electron chi connectivity index (χ2n) is 6.12. The molecule has 0 fully saturated rings. The summed E-state index contributed by atoms with van der Waals surface area (Å²) < 4.78 is 1.03. The number of hydroxylamine groups is 1. The molecule has 0 atom stereocenters. The van der Waals surface area contributed by atoms with E-state index >= 15 is 0 Å². The van der Waals surface area contributed by atoms with Crippen molar-refractivity contribution in [3.63, 3.8) is 0 Å². The first-order valence-electron chi connectivity index (χ1n) is 6.69. The second-order valence-corrected chi connectivity index (χ2v) is 6.12. The normalized spacial score (nSPS) is 13.1. The van der Waals surface area contributed by atoms with Crippen LogP contribution in [0.1, 0.15) is 52.2 Å². The van der Waals surface area contributed by atoms with E-state index in [1.165, 1.54) is 11.1 Å². The summed E-state index contributed by atoms with van der Waals surface area (Å²) in [4.78, 5) is 0. The van der Waals surface area contributed by atoms with Crippen molar-refractivity contribution in [3.8, 4) is 0 Å². The number of benzene rings is 1. The molecule has 1 rings (SSSR count). The summed E-state index contributed by atoms with van der Waals surface area (Å²) in [6.45, 7) is 10.5. The van der Waals surface area contributed by atoms with Crippen LogP contribution in [-0.2, 0) is 11.8 Å². The van der Waals surface area contributed by atoms with Gasteiger partial charge in [0.15, 0.2) is 12.3 Å². The van der Waals surface area contributed by atoms with E-state index in [4.69, 9.17) is 0 Å². The lowest BCUT2D eigenvalue weighted by molar-refractivity contribution is -0.488. The zero-order chi connectivity index (χ0) is 13.8. The lowest BCUT2D eigenvalue weighted by atomic mass is 9.86. The molecule has 0 aliphatic carbocycles. The fourth-order valence-corrected chi connectivity index (χ4v) is 1.74. The Balaban J connectivity index is 2.58. The third-order valence-corrected chi connectivity index (χ3v) is 3.07. The lowest BCUT2D eigenvalue weighted by Gasteiger charge is -2.19. The highest BCUT2D eigenvalue weighted by Gasteiger charge is 2.12. The summed E-state index contributed by atoms with van der Waals surface area (Å²) in [6.07, 6.45) is 3.47. The quantitative estimate of drug-likeness (QED) is 0.343. The SMILES string of the molecule is CC(C)[N+]([O-])=CCCc1ccc(C(C)(C)C)cc1. The van der Waals surface area contributed by atoms with Gasteiger partial charge in [0.25, 0.3) is 0 Å². The molecule has 2 heteroatoms. The Morgan fingerprint density at radius 2 is 1.72 bits per heavy atom. The largest absolute Gasteiger partial charge is 0.624 e. The molecule has 18 heavy (non-hydrogen) atoms. The Morgan fingerprint density at radius 1 is 1.17 bits per heavy atom. The summed E-state index contributed by atoms with van der Waals surface area (Å²) in [6, 6.07) is 8.74. The second kappa shape index (κ2) is 6.03. The molecule has 0 aliphatic heterocycles. The smallest absolute Gasteiger partial charge is 0.157 e. The summed E-state index contributed by atoms with van der Waals surface area (Å²) in [5.41, 5.74) is 2.84. The predicted molar refractivity (Wildman–Crippen MR) is 78.3 cm³/mol. The predicted octanol–water partition coefficient (Wildman–Crippen LogP) is 3.91. The number of aryl methyl sites for hydroxylation is 1. The molecule has 0 amide bonds. The molecule has 0 saturated carbocycles. The fourth-order valence-electron chi connectivity index (χ4n) is 1.74. The minimum Gasteiger partial charge on any atom is -0.624 e. The van der Waals surface area contributed by atoms with Crippen molar-refractivity contribution in [2.75, 3.05) is 0 Å². The van der Waals surface area contributed by atoms with E-state index in [-0.39, 0.29) is 11.5 Å². The first-order valence-corrected chi connectivity index (χ1v) is 6.69.